The second-order valence-electron chi connectivity index (χ2n) is 4.80. The van der Waals surface area contributed by atoms with Crippen molar-refractivity contribution in [2.75, 3.05) is 0 Å². The highest BCUT2D eigenvalue weighted by Crippen LogP contribution is 2.44. The number of rotatable bonds is 2. The minimum Gasteiger partial charge on any atom is -0.393 e. The van der Waals surface area contributed by atoms with Crippen molar-refractivity contribution in [3.8, 4) is 0 Å². The van der Waals surface area contributed by atoms with Gasteiger partial charge in [-0.15, -0.1) is 0 Å². The van der Waals surface area contributed by atoms with Crippen molar-refractivity contribution in [3.05, 3.63) is 0 Å². The summed E-state index contributed by atoms with van der Waals surface area (Å²) in [5.41, 5.74) is 0. The lowest BCUT2D eigenvalue weighted by Gasteiger charge is -2.32. The summed E-state index contributed by atoms with van der Waals surface area (Å²) in [6.45, 7) is 2.82. The van der Waals surface area contributed by atoms with Crippen LogP contribution in [0.3, 0.4) is 0 Å². The van der Waals surface area contributed by atoms with Gasteiger partial charge in [-0.1, -0.05) is 0 Å². The number of carbonyl (C=O) groups excluding carboxylic acids is 4. The van der Waals surface area contributed by atoms with E-state index in [0.29, 0.717) is 12.8 Å². The molecule has 0 aromatic heterocycles. The number of esters is 2. The number of Topliss-reactive ketones (excluding diaryl/α,β-unsaturated/α-hetero) is 2. The molecule has 2 aliphatic rings. The standard InChI is InChI=1S/C12H14O5/c1-5(13)7-3-4-8(6(2)14)10-9(7)11(15)17-12(10)16/h7-10H,3-4H2,1-2H3. The maximum absolute atomic E-state index is 11.6. The number of hydrogen-bond donors (Lipinski definition) is 0. The Morgan fingerprint density at radius 1 is 0.941 bits per heavy atom. The Bertz CT molecular complexity index is 373. The highest BCUT2D eigenvalue weighted by atomic mass is 16.6. The van der Waals surface area contributed by atoms with E-state index < -0.39 is 35.6 Å². The minimum atomic E-state index is -0.748. The molecule has 0 aromatic carbocycles. The van der Waals surface area contributed by atoms with Gasteiger partial charge in [-0.2, -0.15) is 0 Å². The highest BCUT2D eigenvalue weighted by Gasteiger charge is 2.56. The molecule has 1 aliphatic carbocycles. The van der Waals surface area contributed by atoms with E-state index in [4.69, 9.17) is 0 Å². The maximum atomic E-state index is 11.6. The average Bonchev–Trinajstić information content (AvgIpc) is 2.54. The molecule has 0 spiro atoms. The van der Waals surface area contributed by atoms with Gasteiger partial charge in [0.05, 0.1) is 11.8 Å². The first kappa shape index (κ1) is 12.0. The van der Waals surface area contributed by atoms with Crippen molar-refractivity contribution in [2.45, 2.75) is 26.7 Å². The molecule has 4 atom stereocenters. The van der Waals surface area contributed by atoms with Crippen LogP contribution < -0.4 is 0 Å². The Balaban J connectivity index is 2.36. The van der Waals surface area contributed by atoms with Crippen LogP contribution in [0.25, 0.3) is 0 Å². The van der Waals surface area contributed by atoms with Gasteiger partial charge in [0.15, 0.2) is 0 Å². The Morgan fingerprint density at radius 2 is 1.29 bits per heavy atom. The van der Waals surface area contributed by atoms with Crippen molar-refractivity contribution < 1.29 is 23.9 Å². The Kier molecular flexibility index (Phi) is 2.85. The van der Waals surface area contributed by atoms with Gasteiger partial charge in [-0.25, -0.2) is 0 Å². The first-order valence-electron chi connectivity index (χ1n) is 5.70. The van der Waals surface area contributed by atoms with Gasteiger partial charge in [0, 0.05) is 11.8 Å². The summed E-state index contributed by atoms with van der Waals surface area (Å²) < 4.78 is 4.59. The van der Waals surface area contributed by atoms with Crippen LogP contribution in [0.5, 0.6) is 0 Å². The predicted octanol–water partition coefficient (Wildman–Crippen LogP) is 0.506. The van der Waals surface area contributed by atoms with Crippen LogP contribution in [0.2, 0.25) is 0 Å². The molecule has 0 amide bonds. The minimum absolute atomic E-state index is 0.117. The summed E-state index contributed by atoms with van der Waals surface area (Å²) in [7, 11) is 0. The van der Waals surface area contributed by atoms with Gasteiger partial charge < -0.3 is 4.74 Å². The summed E-state index contributed by atoms with van der Waals surface area (Å²) >= 11 is 0. The Hall–Kier alpha value is -1.52. The molecule has 4 unspecified atom stereocenters. The smallest absolute Gasteiger partial charge is 0.318 e. The van der Waals surface area contributed by atoms with E-state index >= 15 is 0 Å². The van der Waals surface area contributed by atoms with Gasteiger partial charge >= 0.3 is 11.9 Å². The van der Waals surface area contributed by atoms with Crippen LogP contribution in [0.4, 0.5) is 0 Å². The molecule has 0 bridgehead atoms. The Labute approximate surface area is 98.5 Å². The SMILES string of the molecule is CC(=O)C1CCC(C(C)=O)C2C(=O)OC(=O)C12. The van der Waals surface area contributed by atoms with Crippen molar-refractivity contribution in [2.24, 2.45) is 23.7 Å². The molecule has 1 aliphatic heterocycles. The number of carbonyl (C=O) groups is 4. The summed E-state index contributed by atoms with van der Waals surface area (Å²) in [5, 5.41) is 0. The molecule has 2 fully saturated rings. The van der Waals surface area contributed by atoms with Gasteiger partial charge in [0.2, 0.25) is 0 Å². The van der Waals surface area contributed by atoms with Crippen molar-refractivity contribution in [3.63, 3.8) is 0 Å². The lowest BCUT2D eigenvalue weighted by Crippen LogP contribution is -2.41. The monoisotopic (exact) mass is 238 g/mol. The fourth-order valence-electron chi connectivity index (χ4n) is 2.99. The zero-order chi connectivity index (χ0) is 12.7. The number of ketones is 2. The van der Waals surface area contributed by atoms with E-state index in [-0.39, 0.29) is 11.6 Å². The van der Waals surface area contributed by atoms with Gasteiger partial charge in [-0.05, 0) is 26.7 Å². The van der Waals surface area contributed by atoms with E-state index in [9.17, 15) is 19.2 Å². The second-order valence-corrected chi connectivity index (χ2v) is 4.80. The molecule has 1 heterocycles. The molecule has 5 nitrogen and oxygen atoms in total. The summed E-state index contributed by atoms with van der Waals surface area (Å²) in [4.78, 5) is 46.1. The van der Waals surface area contributed by atoms with Gasteiger partial charge in [0.25, 0.3) is 0 Å². The summed E-state index contributed by atoms with van der Waals surface area (Å²) in [6.07, 6.45) is 0.951. The normalized spacial score (nSPS) is 36.4. The van der Waals surface area contributed by atoms with Crippen molar-refractivity contribution in [1.29, 1.82) is 0 Å². The molecule has 1 saturated heterocycles. The number of fused-ring (bicyclic) bond motifs is 1. The van der Waals surface area contributed by atoms with Crippen LogP contribution in [0.1, 0.15) is 26.7 Å². The van der Waals surface area contributed by atoms with Crippen LogP contribution in [-0.2, 0) is 23.9 Å². The third-order valence-electron chi connectivity index (χ3n) is 3.83. The van der Waals surface area contributed by atoms with Crippen LogP contribution in [0, 0.1) is 23.7 Å². The number of cyclic esters (lactones) is 2. The van der Waals surface area contributed by atoms with E-state index in [1.807, 2.05) is 0 Å². The van der Waals surface area contributed by atoms with E-state index in [1.54, 1.807) is 0 Å². The lowest BCUT2D eigenvalue weighted by atomic mass is 9.65. The largest absolute Gasteiger partial charge is 0.393 e. The topological polar surface area (TPSA) is 77.5 Å². The highest BCUT2D eigenvalue weighted by molar-refractivity contribution is 6.02. The molecule has 0 aromatic rings. The molecule has 0 N–H and O–H groups in total. The molecule has 5 heteroatoms. The zero-order valence-corrected chi connectivity index (χ0v) is 9.76. The lowest BCUT2D eigenvalue weighted by molar-refractivity contribution is -0.155. The average molecular weight is 238 g/mol. The van der Waals surface area contributed by atoms with Crippen molar-refractivity contribution in [1.82, 2.24) is 0 Å². The maximum Gasteiger partial charge on any atom is 0.318 e. The first-order chi connectivity index (χ1) is 7.93. The third kappa shape index (κ3) is 1.79. The van der Waals surface area contributed by atoms with E-state index in [2.05, 4.69) is 4.74 Å². The van der Waals surface area contributed by atoms with Gasteiger partial charge in [0.1, 0.15) is 11.6 Å². The molecule has 92 valence electrons. The predicted molar refractivity (Wildman–Crippen MR) is 55.7 cm³/mol. The van der Waals surface area contributed by atoms with Crippen LogP contribution in [0.15, 0.2) is 0 Å². The quantitative estimate of drug-likeness (QED) is 0.517. The fourth-order valence-corrected chi connectivity index (χ4v) is 2.99. The van der Waals surface area contributed by atoms with Gasteiger partial charge in [-0.3, -0.25) is 19.2 Å². The second kappa shape index (κ2) is 4.05. The fraction of sp³-hybridized carbons (Fsp3) is 0.667. The molecular formula is C12H14O5. The van der Waals surface area contributed by atoms with E-state index in [1.165, 1.54) is 13.8 Å². The Morgan fingerprint density at radius 3 is 1.59 bits per heavy atom. The van der Waals surface area contributed by atoms with Crippen molar-refractivity contribution >= 4 is 23.5 Å². The van der Waals surface area contributed by atoms with Crippen LogP contribution in [-0.4, -0.2) is 23.5 Å². The molecule has 2 rings (SSSR count). The molecule has 17 heavy (non-hydrogen) atoms. The van der Waals surface area contributed by atoms with Crippen LogP contribution >= 0.6 is 0 Å². The first-order valence-corrected chi connectivity index (χ1v) is 5.70. The summed E-state index contributed by atoms with van der Waals surface area (Å²) in [5.74, 6) is -3.98. The summed E-state index contributed by atoms with van der Waals surface area (Å²) in [6, 6.07) is 0. The van der Waals surface area contributed by atoms with E-state index in [0.717, 1.165) is 0 Å². The molecule has 0 radical (unpaired) electrons. The zero-order valence-electron chi connectivity index (χ0n) is 9.76. The number of hydrogen-bond acceptors (Lipinski definition) is 5. The molecule has 1 saturated carbocycles. The molecular weight excluding hydrogens is 224 g/mol. The number of ether oxygens (including phenoxy) is 1. The third-order valence-corrected chi connectivity index (χ3v) is 3.83.